The van der Waals surface area contributed by atoms with Gasteiger partial charge in [-0.2, -0.15) is 0 Å². The van der Waals surface area contributed by atoms with Crippen molar-refractivity contribution in [2.24, 2.45) is 5.92 Å². The van der Waals surface area contributed by atoms with E-state index in [-0.39, 0.29) is 24.1 Å². The van der Waals surface area contributed by atoms with Gasteiger partial charge >= 0.3 is 5.97 Å². The van der Waals surface area contributed by atoms with E-state index in [0.29, 0.717) is 10.4 Å². The van der Waals surface area contributed by atoms with E-state index in [4.69, 9.17) is 4.74 Å². The topological polar surface area (TPSA) is 55.4 Å². The van der Waals surface area contributed by atoms with Crippen LogP contribution in [-0.2, 0) is 14.3 Å². The Morgan fingerprint density at radius 2 is 2.12 bits per heavy atom. The van der Waals surface area contributed by atoms with Gasteiger partial charge in [0.2, 0.25) is 0 Å². The first kappa shape index (κ1) is 18.6. The summed E-state index contributed by atoms with van der Waals surface area (Å²) in [5, 5.41) is 2.91. The van der Waals surface area contributed by atoms with E-state index in [1.54, 1.807) is 12.1 Å². The lowest BCUT2D eigenvalue weighted by Gasteiger charge is -2.29. The van der Waals surface area contributed by atoms with Gasteiger partial charge in [0, 0.05) is 22.2 Å². The molecule has 0 aromatic heterocycles. The summed E-state index contributed by atoms with van der Waals surface area (Å²) in [6, 6.07) is 4.57. The van der Waals surface area contributed by atoms with Gasteiger partial charge in [-0.1, -0.05) is 35.7 Å². The third-order valence-corrected chi connectivity index (χ3v) is 4.65. The Morgan fingerprint density at radius 3 is 2.88 bits per heavy atom. The molecule has 1 fully saturated rings. The van der Waals surface area contributed by atoms with Crippen LogP contribution in [0.25, 0.3) is 6.08 Å². The molecule has 1 amide bonds. The second-order valence-corrected chi connectivity index (χ2v) is 6.96. The van der Waals surface area contributed by atoms with E-state index < -0.39 is 11.8 Å². The van der Waals surface area contributed by atoms with Crippen molar-refractivity contribution >= 4 is 33.9 Å². The summed E-state index contributed by atoms with van der Waals surface area (Å²) < 4.78 is 19.1. The molecule has 1 aliphatic rings. The van der Waals surface area contributed by atoms with Gasteiger partial charge in [-0.05, 0) is 43.0 Å². The van der Waals surface area contributed by atoms with Gasteiger partial charge in [-0.15, -0.1) is 0 Å². The van der Waals surface area contributed by atoms with Crippen LogP contribution in [0.2, 0.25) is 0 Å². The highest BCUT2D eigenvalue weighted by Gasteiger charge is 2.22. The number of carbonyl (C=O) groups is 2. The third kappa shape index (κ3) is 5.74. The summed E-state index contributed by atoms with van der Waals surface area (Å²) in [4.78, 5) is 23.5. The minimum absolute atomic E-state index is 0.149. The van der Waals surface area contributed by atoms with Gasteiger partial charge in [0.1, 0.15) is 5.82 Å². The molecule has 6 heteroatoms. The fraction of sp³-hybridized carbons (Fsp3) is 0.444. The molecule has 130 valence electrons. The lowest BCUT2D eigenvalue weighted by molar-refractivity contribution is -0.144. The first-order valence-corrected chi connectivity index (χ1v) is 8.84. The lowest BCUT2D eigenvalue weighted by atomic mass is 9.86. The number of benzene rings is 1. The molecule has 1 aromatic rings. The van der Waals surface area contributed by atoms with Crippen molar-refractivity contribution in [1.29, 1.82) is 0 Å². The normalized spacial score (nSPS) is 20.8. The number of rotatable bonds is 5. The van der Waals surface area contributed by atoms with Crippen LogP contribution < -0.4 is 5.32 Å². The maximum Gasteiger partial charge on any atom is 0.331 e. The summed E-state index contributed by atoms with van der Waals surface area (Å²) >= 11 is 3.24. The standard InChI is InChI=1S/C18H21BrFNO3/c1-12-4-2-3-5-16(12)21-17(22)11-24-18(23)9-6-13-10-14(19)7-8-15(13)20/h6-10,12,16H,2-5,11H2,1H3,(H,21,22)/b9-6+/t12-,16+/m0/s1. The lowest BCUT2D eigenvalue weighted by Crippen LogP contribution is -2.42. The van der Waals surface area contributed by atoms with Crippen LogP contribution in [0.5, 0.6) is 0 Å². The molecule has 0 aliphatic heterocycles. The molecule has 0 unspecified atom stereocenters. The summed E-state index contributed by atoms with van der Waals surface area (Å²) in [5.41, 5.74) is 0.266. The smallest absolute Gasteiger partial charge is 0.331 e. The highest BCUT2D eigenvalue weighted by atomic mass is 79.9. The molecular weight excluding hydrogens is 377 g/mol. The highest BCUT2D eigenvalue weighted by molar-refractivity contribution is 9.10. The van der Waals surface area contributed by atoms with Crippen molar-refractivity contribution in [2.75, 3.05) is 6.61 Å². The number of hydrogen-bond acceptors (Lipinski definition) is 3. The van der Waals surface area contributed by atoms with Gasteiger partial charge in [0.15, 0.2) is 6.61 Å². The zero-order chi connectivity index (χ0) is 17.5. The maximum atomic E-state index is 13.5. The molecule has 4 nitrogen and oxygen atoms in total. The van der Waals surface area contributed by atoms with Gasteiger partial charge < -0.3 is 10.1 Å². The molecule has 0 spiro atoms. The first-order chi connectivity index (χ1) is 11.5. The van der Waals surface area contributed by atoms with Crippen LogP contribution in [0.1, 0.15) is 38.2 Å². The van der Waals surface area contributed by atoms with Crippen LogP contribution >= 0.6 is 15.9 Å². The van der Waals surface area contributed by atoms with Crippen LogP contribution in [0.4, 0.5) is 4.39 Å². The Bertz CT molecular complexity index is 633. The van der Waals surface area contributed by atoms with Crippen molar-refractivity contribution in [3.8, 4) is 0 Å². The number of halogens is 2. The van der Waals surface area contributed by atoms with Crippen LogP contribution in [-0.4, -0.2) is 24.5 Å². The van der Waals surface area contributed by atoms with Crippen molar-refractivity contribution in [3.63, 3.8) is 0 Å². The molecular formula is C18H21BrFNO3. The average molecular weight is 398 g/mol. The Labute approximate surface area is 149 Å². The predicted octanol–water partition coefficient (Wildman–Crippen LogP) is 3.84. The molecule has 2 rings (SSSR count). The number of carbonyl (C=O) groups excluding carboxylic acids is 2. The Morgan fingerprint density at radius 1 is 1.38 bits per heavy atom. The Hall–Kier alpha value is -1.69. The van der Waals surface area contributed by atoms with Crippen LogP contribution in [0.3, 0.4) is 0 Å². The molecule has 1 saturated carbocycles. The Balaban J connectivity index is 1.79. The second-order valence-electron chi connectivity index (χ2n) is 6.04. The van der Waals surface area contributed by atoms with E-state index in [2.05, 4.69) is 28.2 Å². The fourth-order valence-corrected chi connectivity index (χ4v) is 3.14. The molecule has 1 N–H and O–H groups in total. The highest BCUT2D eigenvalue weighted by Crippen LogP contribution is 2.23. The van der Waals surface area contributed by atoms with Gasteiger partial charge in [0.05, 0.1) is 0 Å². The van der Waals surface area contributed by atoms with Crippen LogP contribution in [0, 0.1) is 11.7 Å². The van der Waals surface area contributed by atoms with Crippen LogP contribution in [0.15, 0.2) is 28.7 Å². The largest absolute Gasteiger partial charge is 0.452 e. The molecule has 0 radical (unpaired) electrons. The van der Waals surface area contributed by atoms with E-state index >= 15 is 0 Å². The van der Waals surface area contributed by atoms with E-state index in [9.17, 15) is 14.0 Å². The molecule has 0 saturated heterocycles. The predicted molar refractivity (Wildman–Crippen MR) is 93.7 cm³/mol. The van der Waals surface area contributed by atoms with Gasteiger partial charge in [-0.3, -0.25) is 4.79 Å². The molecule has 0 bridgehead atoms. The number of ether oxygens (including phenoxy) is 1. The monoisotopic (exact) mass is 397 g/mol. The zero-order valence-corrected chi connectivity index (χ0v) is 15.1. The number of amides is 1. The van der Waals surface area contributed by atoms with E-state index in [1.807, 2.05) is 0 Å². The second kappa shape index (κ2) is 8.97. The SMILES string of the molecule is C[C@H]1CCCC[C@H]1NC(=O)COC(=O)/C=C/c1cc(Br)ccc1F. The molecule has 1 aliphatic carbocycles. The minimum atomic E-state index is -0.679. The molecule has 1 aromatic carbocycles. The summed E-state index contributed by atoms with van der Waals surface area (Å²) in [6.45, 7) is 1.79. The zero-order valence-electron chi connectivity index (χ0n) is 13.6. The first-order valence-electron chi connectivity index (χ1n) is 8.05. The van der Waals surface area contributed by atoms with E-state index in [1.165, 1.54) is 18.6 Å². The fourth-order valence-electron chi connectivity index (χ4n) is 2.76. The number of esters is 1. The number of nitrogens with one attached hydrogen (secondary N) is 1. The summed E-state index contributed by atoms with van der Waals surface area (Å²) in [5.74, 6) is -0.977. The Kier molecular flexibility index (Phi) is 6.97. The van der Waals surface area contributed by atoms with Crippen molar-refractivity contribution in [1.82, 2.24) is 5.32 Å². The van der Waals surface area contributed by atoms with Gasteiger partial charge in [0.25, 0.3) is 5.91 Å². The third-order valence-electron chi connectivity index (χ3n) is 4.16. The molecule has 0 heterocycles. The minimum Gasteiger partial charge on any atom is -0.452 e. The van der Waals surface area contributed by atoms with Crippen molar-refractivity contribution in [3.05, 3.63) is 40.1 Å². The number of hydrogen-bond donors (Lipinski definition) is 1. The maximum absolute atomic E-state index is 13.5. The van der Waals surface area contributed by atoms with Gasteiger partial charge in [-0.25, -0.2) is 9.18 Å². The average Bonchev–Trinajstić information content (AvgIpc) is 2.56. The van der Waals surface area contributed by atoms with E-state index in [0.717, 1.165) is 25.3 Å². The molecule has 2 atom stereocenters. The van der Waals surface area contributed by atoms with Crippen molar-refractivity contribution < 1.29 is 18.7 Å². The summed E-state index contributed by atoms with van der Waals surface area (Å²) in [6.07, 6.45) is 6.80. The summed E-state index contributed by atoms with van der Waals surface area (Å²) in [7, 11) is 0. The molecule has 24 heavy (non-hydrogen) atoms. The quantitative estimate of drug-likeness (QED) is 0.606. The van der Waals surface area contributed by atoms with Crippen molar-refractivity contribution in [2.45, 2.75) is 38.6 Å².